The Morgan fingerprint density at radius 2 is 1.79 bits per heavy atom. The molecule has 2 saturated carbocycles. The standard InChI is InChI=1S/C28H27N9S/c1-35-13-17-11-19(24(15-7-8-15)29-27(17)34-35)28-30-25(26(36(28)2)16-9-10-16)18-5-4-6-21-20(18)14-37(33-21)22-12-23(38-3)32-31-22/h4-6,11-16H,7-10H2,1-3H3,(H,31,32). The molecule has 8 rings (SSSR count). The summed E-state index contributed by atoms with van der Waals surface area (Å²) in [6, 6.07) is 10.6. The second-order valence-corrected chi connectivity index (χ2v) is 11.3. The molecule has 5 heterocycles. The summed E-state index contributed by atoms with van der Waals surface area (Å²) in [5.41, 5.74) is 7.49. The number of aryl methyl sites for hydroxylation is 1. The zero-order chi connectivity index (χ0) is 25.5. The third-order valence-corrected chi connectivity index (χ3v) is 8.38. The summed E-state index contributed by atoms with van der Waals surface area (Å²) in [6.45, 7) is 0. The lowest BCUT2D eigenvalue weighted by Crippen LogP contribution is -2.01. The molecule has 5 aromatic heterocycles. The van der Waals surface area contributed by atoms with Crippen LogP contribution in [0.2, 0.25) is 0 Å². The molecule has 2 fully saturated rings. The van der Waals surface area contributed by atoms with Gasteiger partial charge in [0.2, 0.25) is 0 Å². The van der Waals surface area contributed by atoms with Crippen LogP contribution in [0.4, 0.5) is 0 Å². The first-order chi connectivity index (χ1) is 18.6. The SMILES string of the molecule is CSc1cc(-n2cc3c(-c4nc(-c5cc6cn(C)nc6nc5C5CC5)n(C)c4C4CC4)cccc3n2)[nH]n1. The van der Waals surface area contributed by atoms with E-state index in [4.69, 9.17) is 15.1 Å². The maximum atomic E-state index is 5.38. The summed E-state index contributed by atoms with van der Waals surface area (Å²) in [5, 5.41) is 20.0. The number of rotatable bonds is 6. The molecule has 190 valence electrons. The quantitative estimate of drug-likeness (QED) is 0.288. The predicted octanol–water partition coefficient (Wildman–Crippen LogP) is 5.57. The number of hydrogen-bond donors (Lipinski definition) is 1. The van der Waals surface area contributed by atoms with Gasteiger partial charge in [-0.3, -0.25) is 9.78 Å². The topological polar surface area (TPSA) is 95.0 Å². The fraction of sp³-hybridized carbons (Fsp3) is 0.321. The molecule has 0 amide bonds. The molecular formula is C28H27N9S. The van der Waals surface area contributed by atoms with Crippen molar-refractivity contribution in [2.45, 2.75) is 42.5 Å². The van der Waals surface area contributed by atoms with E-state index in [0.717, 1.165) is 61.1 Å². The lowest BCUT2D eigenvalue weighted by molar-refractivity contribution is 0.774. The average Bonchev–Trinajstić information content (AvgIpc) is 3.76. The summed E-state index contributed by atoms with van der Waals surface area (Å²) in [4.78, 5) is 10.4. The molecule has 0 saturated heterocycles. The molecule has 0 radical (unpaired) electrons. The minimum atomic E-state index is 0.489. The van der Waals surface area contributed by atoms with Crippen LogP contribution in [0.25, 0.3) is 50.4 Å². The van der Waals surface area contributed by atoms with Crippen molar-refractivity contribution in [2.75, 3.05) is 6.26 Å². The second-order valence-electron chi connectivity index (χ2n) is 10.5. The number of nitrogens with zero attached hydrogens (tertiary/aromatic N) is 8. The van der Waals surface area contributed by atoms with Crippen LogP contribution in [0.1, 0.15) is 48.9 Å². The Balaban J connectivity index is 1.32. The zero-order valence-electron chi connectivity index (χ0n) is 21.5. The van der Waals surface area contributed by atoms with Gasteiger partial charge >= 0.3 is 0 Å². The molecule has 0 unspecified atom stereocenters. The summed E-state index contributed by atoms with van der Waals surface area (Å²) in [5.74, 6) is 2.86. The van der Waals surface area contributed by atoms with Crippen LogP contribution in [0.3, 0.4) is 0 Å². The number of aromatic nitrogens is 9. The Labute approximate surface area is 223 Å². The molecule has 2 aliphatic rings. The zero-order valence-corrected chi connectivity index (χ0v) is 22.3. The second kappa shape index (κ2) is 8.04. The van der Waals surface area contributed by atoms with Gasteiger partial charge in [0.15, 0.2) is 5.65 Å². The molecule has 0 spiro atoms. The Bertz CT molecular complexity index is 1860. The highest BCUT2D eigenvalue weighted by Crippen LogP contribution is 2.49. The van der Waals surface area contributed by atoms with Crippen LogP contribution < -0.4 is 0 Å². The molecule has 1 aromatic carbocycles. The number of imidazole rings is 1. The summed E-state index contributed by atoms with van der Waals surface area (Å²) < 4.78 is 6.05. The maximum absolute atomic E-state index is 5.38. The van der Waals surface area contributed by atoms with Gasteiger partial charge in [-0.1, -0.05) is 12.1 Å². The molecule has 9 nitrogen and oxygen atoms in total. The van der Waals surface area contributed by atoms with Crippen LogP contribution in [0.15, 0.2) is 47.8 Å². The van der Waals surface area contributed by atoms with E-state index in [1.807, 2.05) is 34.9 Å². The molecule has 1 N–H and O–H groups in total. The Morgan fingerprint density at radius 1 is 0.947 bits per heavy atom. The van der Waals surface area contributed by atoms with E-state index in [9.17, 15) is 0 Å². The largest absolute Gasteiger partial charge is 0.330 e. The lowest BCUT2D eigenvalue weighted by Gasteiger charge is -2.10. The minimum Gasteiger partial charge on any atom is -0.330 e. The summed E-state index contributed by atoms with van der Waals surface area (Å²) in [6.07, 6.45) is 10.9. The van der Waals surface area contributed by atoms with Gasteiger partial charge in [-0.25, -0.2) is 14.6 Å². The van der Waals surface area contributed by atoms with E-state index in [1.54, 1.807) is 11.8 Å². The number of H-pyrrole nitrogens is 1. The average molecular weight is 522 g/mol. The number of pyridine rings is 1. The summed E-state index contributed by atoms with van der Waals surface area (Å²) in [7, 11) is 4.12. The highest BCUT2D eigenvalue weighted by atomic mass is 32.2. The van der Waals surface area contributed by atoms with Gasteiger partial charge < -0.3 is 4.57 Å². The van der Waals surface area contributed by atoms with Gasteiger partial charge in [-0.05, 0) is 44.1 Å². The Hall–Kier alpha value is -3.92. The molecular weight excluding hydrogens is 494 g/mol. The molecule has 6 aromatic rings. The van der Waals surface area contributed by atoms with Crippen molar-refractivity contribution in [1.82, 2.24) is 44.3 Å². The van der Waals surface area contributed by atoms with Gasteiger partial charge in [0.25, 0.3) is 0 Å². The highest BCUT2D eigenvalue weighted by Gasteiger charge is 2.35. The van der Waals surface area contributed by atoms with E-state index in [-0.39, 0.29) is 0 Å². The maximum Gasteiger partial charge on any atom is 0.181 e. The van der Waals surface area contributed by atoms with E-state index in [0.29, 0.717) is 11.8 Å². The molecule has 0 bridgehead atoms. The van der Waals surface area contributed by atoms with Crippen molar-refractivity contribution in [1.29, 1.82) is 0 Å². The fourth-order valence-electron chi connectivity index (χ4n) is 5.60. The van der Waals surface area contributed by atoms with Crippen molar-refractivity contribution < 1.29 is 0 Å². The highest BCUT2D eigenvalue weighted by molar-refractivity contribution is 7.98. The molecule has 38 heavy (non-hydrogen) atoms. The van der Waals surface area contributed by atoms with Gasteiger partial charge in [0, 0.05) is 72.0 Å². The third-order valence-electron chi connectivity index (χ3n) is 7.75. The van der Waals surface area contributed by atoms with Crippen LogP contribution in [-0.2, 0) is 14.1 Å². The number of benzene rings is 1. The van der Waals surface area contributed by atoms with E-state index in [2.05, 4.69) is 57.4 Å². The lowest BCUT2D eigenvalue weighted by atomic mass is 10.0. The van der Waals surface area contributed by atoms with Crippen molar-refractivity contribution in [3.63, 3.8) is 0 Å². The third kappa shape index (κ3) is 3.43. The molecule has 0 aliphatic heterocycles. The van der Waals surface area contributed by atoms with E-state index < -0.39 is 0 Å². The van der Waals surface area contributed by atoms with Crippen LogP contribution in [0.5, 0.6) is 0 Å². The fourth-order valence-corrected chi connectivity index (χ4v) is 5.96. The van der Waals surface area contributed by atoms with Crippen molar-refractivity contribution in [3.05, 3.63) is 54.1 Å². The normalized spacial score (nSPS) is 15.8. The Morgan fingerprint density at radius 3 is 2.55 bits per heavy atom. The number of nitrogens with one attached hydrogen (secondary N) is 1. The first-order valence-electron chi connectivity index (χ1n) is 13.1. The minimum absolute atomic E-state index is 0.489. The number of hydrogen-bond acceptors (Lipinski definition) is 6. The van der Waals surface area contributed by atoms with Crippen molar-refractivity contribution >= 4 is 33.7 Å². The number of aromatic amines is 1. The van der Waals surface area contributed by atoms with Gasteiger partial charge in [-0.2, -0.15) is 15.3 Å². The predicted molar refractivity (Wildman–Crippen MR) is 149 cm³/mol. The smallest absolute Gasteiger partial charge is 0.181 e. The van der Waals surface area contributed by atoms with Gasteiger partial charge in [-0.15, -0.1) is 11.8 Å². The van der Waals surface area contributed by atoms with Gasteiger partial charge in [0.05, 0.1) is 16.9 Å². The molecule has 0 atom stereocenters. The number of thioether (sulfide) groups is 1. The van der Waals surface area contributed by atoms with Crippen molar-refractivity contribution in [2.24, 2.45) is 14.1 Å². The van der Waals surface area contributed by atoms with Crippen molar-refractivity contribution in [3.8, 4) is 28.5 Å². The first-order valence-corrected chi connectivity index (χ1v) is 14.3. The number of fused-ring (bicyclic) bond motifs is 2. The molecule has 10 heteroatoms. The molecule has 2 aliphatic carbocycles. The summed E-state index contributed by atoms with van der Waals surface area (Å²) >= 11 is 1.61. The van der Waals surface area contributed by atoms with Crippen LogP contribution >= 0.6 is 11.8 Å². The van der Waals surface area contributed by atoms with E-state index in [1.165, 1.54) is 31.4 Å². The monoisotopic (exact) mass is 521 g/mol. The van der Waals surface area contributed by atoms with Crippen LogP contribution in [-0.4, -0.2) is 50.5 Å². The van der Waals surface area contributed by atoms with Gasteiger partial charge in [0.1, 0.15) is 16.7 Å². The van der Waals surface area contributed by atoms with E-state index >= 15 is 0 Å². The first kappa shape index (κ1) is 22.1. The Kier molecular flexibility index (Phi) is 4.67. The van der Waals surface area contributed by atoms with Crippen LogP contribution in [0, 0.1) is 0 Å².